The Labute approximate surface area is 121 Å². The molecule has 2 N–H and O–H groups in total. The number of fused-ring (bicyclic) bond motifs is 2. The summed E-state index contributed by atoms with van der Waals surface area (Å²) in [6, 6.07) is 6.85. The molecule has 4 nitrogen and oxygen atoms in total. The third-order valence-corrected chi connectivity index (χ3v) is 4.37. The van der Waals surface area contributed by atoms with Crippen LogP contribution in [-0.4, -0.2) is 17.0 Å². The summed E-state index contributed by atoms with van der Waals surface area (Å²) in [7, 11) is 0. The number of anilines is 1. The number of carbonyl (C=O) groups excluding carboxylic acids is 1. The molecule has 1 amide bonds. The van der Waals surface area contributed by atoms with E-state index in [2.05, 4.69) is 5.32 Å². The van der Waals surface area contributed by atoms with Crippen molar-refractivity contribution in [2.24, 2.45) is 23.7 Å². The molecule has 0 aliphatic heterocycles. The Morgan fingerprint density at radius 3 is 2.55 bits per heavy atom. The van der Waals surface area contributed by atoms with Crippen LogP contribution in [0.5, 0.6) is 0 Å². The topological polar surface area (TPSA) is 66.4 Å². The molecule has 1 fully saturated rings. The Kier molecular flexibility index (Phi) is 3.26. The largest absolute Gasteiger partial charge is 0.481 e. The highest BCUT2D eigenvalue weighted by atomic mass is 35.5. The van der Waals surface area contributed by atoms with Crippen molar-refractivity contribution >= 4 is 29.2 Å². The van der Waals surface area contributed by atoms with Gasteiger partial charge in [0.2, 0.25) is 5.91 Å². The van der Waals surface area contributed by atoms with E-state index in [1.54, 1.807) is 24.3 Å². The SMILES string of the molecule is O=C(O)[C@@H]1[C@@H](C(=O)Nc2cccc(Cl)c2)[C@H]2C=C[C@@H]1C2. The maximum atomic E-state index is 12.4. The molecule has 2 aliphatic rings. The first-order valence-corrected chi connectivity index (χ1v) is 6.91. The van der Waals surface area contributed by atoms with Gasteiger partial charge >= 0.3 is 5.97 Å². The first-order valence-electron chi connectivity index (χ1n) is 6.54. The second-order valence-electron chi connectivity index (χ2n) is 5.34. The Balaban J connectivity index is 1.80. The van der Waals surface area contributed by atoms with Crippen LogP contribution < -0.4 is 5.32 Å². The van der Waals surface area contributed by atoms with Crippen LogP contribution in [0.3, 0.4) is 0 Å². The molecule has 5 heteroatoms. The summed E-state index contributed by atoms with van der Waals surface area (Å²) in [5.74, 6) is -2.25. The maximum Gasteiger partial charge on any atom is 0.307 e. The Morgan fingerprint density at radius 1 is 1.20 bits per heavy atom. The minimum atomic E-state index is -0.895. The van der Waals surface area contributed by atoms with E-state index in [4.69, 9.17) is 11.6 Å². The van der Waals surface area contributed by atoms with Gasteiger partial charge in [-0.1, -0.05) is 29.8 Å². The lowest BCUT2D eigenvalue weighted by Gasteiger charge is -2.23. The highest BCUT2D eigenvalue weighted by Gasteiger charge is 2.51. The van der Waals surface area contributed by atoms with Crippen LogP contribution >= 0.6 is 11.6 Å². The number of benzene rings is 1. The maximum absolute atomic E-state index is 12.4. The normalized spacial score (nSPS) is 30.4. The first kappa shape index (κ1) is 13.2. The predicted molar refractivity (Wildman–Crippen MR) is 75.4 cm³/mol. The number of rotatable bonds is 3. The molecule has 0 radical (unpaired) electrons. The summed E-state index contributed by atoms with van der Waals surface area (Å²) in [6.45, 7) is 0. The van der Waals surface area contributed by atoms with Crippen LogP contribution in [0.4, 0.5) is 5.69 Å². The summed E-state index contributed by atoms with van der Waals surface area (Å²) >= 11 is 5.87. The fourth-order valence-electron chi connectivity index (χ4n) is 3.31. The number of carboxylic acids is 1. The third kappa shape index (κ3) is 2.20. The molecule has 1 aromatic carbocycles. The van der Waals surface area contributed by atoms with Crippen molar-refractivity contribution in [3.05, 3.63) is 41.4 Å². The van der Waals surface area contributed by atoms with Gasteiger partial charge in [0, 0.05) is 10.7 Å². The van der Waals surface area contributed by atoms with E-state index in [0.717, 1.165) is 6.42 Å². The van der Waals surface area contributed by atoms with Crippen molar-refractivity contribution in [2.75, 3.05) is 5.32 Å². The fraction of sp³-hybridized carbons (Fsp3) is 0.333. The molecule has 0 unspecified atom stereocenters. The van der Waals surface area contributed by atoms with Crippen LogP contribution in [0.25, 0.3) is 0 Å². The molecule has 0 heterocycles. The van der Waals surface area contributed by atoms with Crippen molar-refractivity contribution in [2.45, 2.75) is 6.42 Å². The predicted octanol–water partition coefficient (Wildman–Crippen LogP) is 2.80. The van der Waals surface area contributed by atoms with Gasteiger partial charge in [0.15, 0.2) is 0 Å². The number of nitrogens with one attached hydrogen (secondary N) is 1. The average Bonchev–Trinajstić information content (AvgIpc) is 2.98. The highest BCUT2D eigenvalue weighted by Crippen LogP contribution is 2.48. The molecule has 0 saturated heterocycles. The monoisotopic (exact) mass is 291 g/mol. The van der Waals surface area contributed by atoms with E-state index < -0.39 is 17.8 Å². The molecule has 20 heavy (non-hydrogen) atoms. The Hall–Kier alpha value is -1.81. The standard InChI is InChI=1S/C15H14ClNO3/c16-10-2-1-3-11(7-10)17-14(18)12-8-4-5-9(6-8)13(12)15(19)20/h1-5,7-9,12-13H,6H2,(H,17,18)(H,19,20)/t8-,9+,12-,13-/m0/s1. The average molecular weight is 292 g/mol. The van der Waals surface area contributed by atoms with Crippen LogP contribution in [0.2, 0.25) is 5.02 Å². The van der Waals surface area contributed by atoms with E-state index >= 15 is 0 Å². The molecular formula is C15H14ClNO3. The van der Waals surface area contributed by atoms with Crippen molar-refractivity contribution < 1.29 is 14.7 Å². The number of hydrogen-bond acceptors (Lipinski definition) is 2. The van der Waals surface area contributed by atoms with E-state index in [1.165, 1.54) is 0 Å². The number of hydrogen-bond donors (Lipinski definition) is 2. The smallest absolute Gasteiger partial charge is 0.307 e. The lowest BCUT2D eigenvalue weighted by molar-refractivity contribution is -0.146. The van der Waals surface area contributed by atoms with Gasteiger partial charge in [-0.15, -0.1) is 0 Å². The minimum Gasteiger partial charge on any atom is -0.481 e. The zero-order valence-corrected chi connectivity index (χ0v) is 11.4. The van der Waals surface area contributed by atoms with E-state index in [1.807, 2.05) is 12.2 Å². The first-order chi connectivity index (χ1) is 9.56. The molecule has 2 aliphatic carbocycles. The molecule has 104 valence electrons. The summed E-state index contributed by atoms with van der Waals surface area (Å²) in [6.07, 6.45) is 4.64. The number of aliphatic carboxylic acids is 1. The van der Waals surface area contributed by atoms with Crippen LogP contribution in [0, 0.1) is 23.7 Å². The molecule has 1 saturated carbocycles. The summed E-state index contributed by atoms with van der Waals surface area (Å²) in [5, 5.41) is 12.6. The van der Waals surface area contributed by atoms with Gasteiger partial charge in [-0.2, -0.15) is 0 Å². The third-order valence-electron chi connectivity index (χ3n) is 4.14. The minimum absolute atomic E-state index is 0.0207. The van der Waals surface area contributed by atoms with Gasteiger partial charge in [-0.05, 0) is 36.5 Å². The van der Waals surface area contributed by atoms with Crippen LogP contribution in [-0.2, 0) is 9.59 Å². The van der Waals surface area contributed by atoms with Crippen molar-refractivity contribution in [1.29, 1.82) is 0 Å². The van der Waals surface area contributed by atoms with E-state index in [9.17, 15) is 14.7 Å². The number of halogens is 1. The zero-order chi connectivity index (χ0) is 14.3. The molecular weight excluding hydrogens is 278 g/mol. The quantitative estimate of drug-likeness (QED) is 0.842. The fourth-order valence-corrected chi connectivity index (χ4v) is 3.50. The molecule has 2 bridgehead atoms. The van der Waals surface area contributed by atoms with Gasteiger partial charge in [-0.25, -0.2) is 0 Å². The van der Waals surface area contributed by atoms with Crippen molar-refractivity contribution in [3.8, 4) is 0 Å². The van der Waals surface area contributed by atoms with Crippen molar-refractivity contribution in [3.63, 3.8) is 0 Å². The van der Waals surface area contributed by atoms with E-state index in [-0.39, 0.29) is 17.7 Å². The second kappa shape index (κ2) is 4.94. The molecule has 4 atom stereocenters. The number of allylic oxidation sites excluding steroid dienone is 2. The molecule has 0 aromatic heterocycles. The zero-order valence-electron chi connectivity index (χ0n) is 10.6. The molecule has 1 aromatic rings. The molecule has 3 rings (SSSR count). The Morgan fingerprint density at radius 2 is 1.90 bits per heavy atom. The Bertz CT molecular complexity index is 599. The molecule has 0 spiro atoms. The summed E-state index contributed by atoms with van der Waals surface area (Å²) in [5.41, 5.74) is 0.596. The number of amides is 1. The lowest BCUT2D eigenvalue weighted by Crippen LogP contribution is -2.36. The van der Waals surface area contributed by atoms with Gasteiger partial charge in [-0.3, -0.25) is 9.59 Å². The van der Waals surface area contributed by atoms with E-state index in [0.29, 0.717) is 10.7 Å². The number of carboxylic acid groups (broad SMARTS) is 1. The van der Waals surface area contributed by atoms with Gasteiger partial charge in [0.05, 0.1) is 11.8 Å². The van der Waals surface area contributed by atoms with Crippen LogP contribution in [0.15, 0.2) is 36.4 Å². The van der Waals surface area contributed by atoms with Crippen LogP contribution in [0.1, 0.15) is 6.42 Å². The van der Waals surface area contributed by atoms with Crippen molar-refractivity contribution in [1.82, 2.24) is 0 Å². The highest BCUT2D eigenvalue weighted by molar-refractivity contribution is 6.30. The van der Waals surface area contributed by atoms with Gasteiger partial charge in [0.25, 0.3) is 0 Å². The lowest BCUT2D eigenvalue weighted by atomic mass is 9.82. The second-order valence-corrected chi connectivity index (χ2v) is 5.77. The number of carbonyl (C=O) groups is 2. The summed E-state index contributed by atoms with van der Waals surface area (Å²) < 4.78 is 0. The van der Waals surface area contributed by atoms with Gasteiger partial charge < -0.3 is 10.4 Å². The summed E-state index contributed by atoms with van der Waals surface area (Å²) in [4.78, 5) is 23.8. The van der Waals surface area contributed by atoms with Gasteiger partial charge in [0.1, 0.15) is 0 Å².